The monoisotopic (exact) mass is 384 g/mol. The third-order valence-electron chi connectivity index (χ3n) is 3.98. The van der Waals surface area contributed by atoms with E-state index >= 15 is 0 Å². The van der Waals surface area contributed by atoms with Crippen LogP contribution in [0.5, 0.6) is 0 Å². The quantitative estimate of drug-likeness (QED) is 0.721. The van der Waals surface area contributed by atoms with Crippen molar-refractivity contribution in [1.29, 1.82) is 0 Å². The number of carbonyl (C=O) groups is 2. The summed E-state index contributed by atoms with van der Waals surface area (Å²) in [5.74, 6) is -1.21. The average molecular weight is 385 g/mol. The average Bonchev–Trinajstić information content (AvgIpc) is 2.63. The lowest BCUT2D eigenvalue weighted by atomic mass is 10.1. The van der Waals surface area contributed by atoms with E-state index in [-0.39, 0.29) is 23.3 Å². The fourth-order valence-electron chi connectivity index (χ4n) is 2.48. The number of nitrogens with one attached hydrogen (secondary N) is 2. The molecule has 1 aromatic heterocycles. The molecule has 0 aliphatic carbocycles. The van der Waals surface area contributed by atoms with Gasteiger partial charge >= 0.3 is 0 Å². The summed E-state index contributed by atoms with van der Waals surface area (Å²) in [6.45, 7) is 3.45. The second kappa shape index (κ2) is 7.63. The van der Waals surface area contributed by atoms with Crippen LogP contribution in [0.2, 0.25) is 5.02 Å². The molecule has 0 bridgehead atoms. The second-order valence-electron chi connectivity index (χ2n) is 6.17. The van der Waals surface area contributed by atoms with Gasteiger partial charge in [-0.25, -0.2) is 0 Å². The number of benzene rings is 2. The molecule has 0 radical (unpaired) electrons. The van der Waals surface area contributed by atoms with Crippen molar-refractivity contribution in [2.45, 2.75) is 13.8 Å². The number of anilines is 1. The predicted molar refractivity (Wildman–Crippen MR) is 104 cm³/mol. The van der Waals surface area contributed by atoms with Crippen LogP contribution in [-0.4, -0.2) is 18.4 Å². The molecule has 0 spiro atoms. The summed E-state index contributed by atoms with van der Waals surface area (Å²) >= 11 is 6.02. The van der Waals surface area contributed by atoms with Crippen LogP contribution in [0.25, 0.3) is 11.0 Å². The molecule has 0 atom stereocenters. The Hall–Kier alpha value is -3.12. The summed E-state index contributed by atoms with van der Waals surface area (Å²) < 4.78 is 5.50. The van der Waals surface area contributed by atoms with Gasteiger partial charge in [-0.1, -0.05) is 29.3 Å². The molecule has 0 saturated carbocycles. The molecule has 0 aliphatic rings. The zero-order valence-corrected chi connectivity index (χ0v) is 15.5. The molecule has 138 valence electrons. The first kappa shape index (κ1) is 18.7. The van der Waals surface area contributed by atoms with E-state index in [0.717, 1.165) is 17.2 Å². The van der Waals surface area contributed by atoms with Gasteiger partial charge in [-0.3, -0.25) is 14.4 Å². The summed E-state index contributed by atoms with van der Waals surface area (Å²) in [5, 5.41) is 5.84. The molecular formula is C20H17ClN2O4. The first-order valence-corrected chi connectivity index (χ1v) is 8.60. The topological polar surface area (TPSA) is 88.4 Å². The van der Waals surface area contributed by atoms with Crippen LogP contribution in [0.15, 0.2) is 51.7 Å². The lowest BCUT2D eigenvalue weighted by Gasteiger charge is -2.08. The summed E-state index contributed by atoms with van der Waals surface area (Å²) in [7, 11) is 0. The van der Waals surface area contributed by atoms with Gasteiger partial charge in [0.05, 0.1) is 11.9 Å². The van der Waals surface area contributed by atoms with Gasteiger partial charge < -0.3 is 15.1 Å². The summed E-state index contributed by atoms with van der Waals surface area (Å²) in [6.07, 6.45) is 0. The van der Waals surface area contributed by atoms with Gasteiger partial charge in [0.2, 0.25) is 5.91 Å². The molecule has 0 unspecified atom stereocenters. The number of amides is 2. The molecular weight excluding hydrogens is 368 g/mol. The molecule has 3 rings (SSSR count). The highest BCUT2D eigenvalue weighted by molar-refractivity contribution is 6.32. The minimum Gasteiger partial charge on any atom is -0.451 e. The number of aryl methyl sites for hydroxylation is 2. The van der Waals surface area contributed by atoms with Gasteiger partial charge in [-0.05, 0) is 43.7 Å². The Morgan fingerprint density at radius 1 is 1.07 bits per heavy atom. The smallest absolute Gasteiger partial charge is 0.287 e. The van der Waals surface area contributed by atoms with E-state index in [1.807, 2.05) is 19.1 Å². The van der Waals surface area contributed by atoms with Crippen LogP contribution < -0.4 is 16.1 Å². The van der Waals surface area contributed by atoms with E-state index in [1.54, 1.807) is 25.1 Å². The number of hydrogen-bond acceptors (Lipinski definition) is 4. The van der Waals surface area contributed by atoms with Crippen molar-refractivity contribution in [3.63, 3.8) is 0 Å². The van der Waals surface area contributed by atoms with Gasteiger partial charge in [0.25, 0.3) is 5.91 Å². The van der Waals surface area contributed by atoms with E-state index in [4.69, 9.17) is 16.0 Å². The van der Waals surface area contributed by atoms with Crippen molar-refractivity contribution in [2.24, 2.45) is 0 Å². The fourth-order valence-corrected chi connectivity index (χ4v) is 2.64. The maximum Gasteiger partial charge on any atom is 0.287 e. The van der Waals surface area contributed by atoms with Crippen molar-refractivity contribution in [3.05, 3.63) is 74.6 Å². The molecule has 0 fully saturated rings. The Labute approximate surface area is 160 Å². The van der Waals surface area contributed by atoms with E-state index < -0.39 is 11.8 Å². The Morgan fingerprint density at radius 3 is 2.48 bits per heavy atom. The van der Waals surface area contributed by atoms with Crippen LogP contribution >= 0.6 is 11.6 Å². The highest BCUT2D eigenvalue weighted by Crippen LogP contribution is 2.22. The highest BCUT2D eigenvalue weighted by atomic mass is 35.5. The maximum absolute atomic E-state index is 12.2. The molecule has 6 nitrogen and oxygen atoms in total. The molecule has 2 amide bonds. The maximum atomic E-state index is 12.2. The van der Waals surface area contributed by atoms with Gasteiger partial charge in [-0.2, -0.15) is 0 Å². The van der Waals surface area contributed by atoms with Gasteiger partial charge in [0.15, 0.2) is 11.2 Å². The summed E-state index contributed by atoms with van der Waals surface area (Å²) in [5.41, 5.74) is 2.31. The van der Waals surface area contributed by atoms with Crippen molar-refractivity contribution in [1.82, 2.24) is 5.32 Å². The number of fused-ring (bicyclic) bond motifs is 1. The fraction of sp³-hybridized carbons (Fsp3) is 0.150. The molecule has 27 heavy (non-hydrogen) atoms. The largest absolute Gasteiger partial charge is 0.451 e. The summed E-state index contributed by atoms with van der Waals surface area (Å²) in [6, 6.07) is 11.5. The number of rotatable bonds is 4. The first-order valence-electron chi connectivity index (χ1n) is 8.22. The van der Waals surface area contributed by atoms with E-state index in [9.17, 15) is 14.4 Å². The Balaban J connectivity index is 1.70. The van der Waals surface area contributed by atoms with Gasteiger partial charge in [0.1, 0.15) is 5.58 Å². The van der Waals surface area contributed by atoms with Gasteiger partial charge in [-0.15, -0.1) is 0 Å². The normalized spacial score (nSPS) is 10.6. The first-order chi connectivity index (χ1) is 12.8. The molecule has 7 heteroatoms. The number of carbonyl (C=O) groups excluding carboxylic acids is 2. The Morgan fingerprint density at radius 2 is 1.78 bits per heavy atom. The van der Waals surface area contributed by atoms with E-state index in [0.29, 0.717) is 16.1 Å². The summed E-state index contributed by atoms with van der Waals surface area (Å²) in [4.78, 5) is 36.4. The molecule has 3 aromatic rings. The van der Waals surface area contributed by atoms with Crippen LogP contribution in [0, 0.1) is 13.8 Å². The van der Waals surface area contributed by atoms with E-state index in [2.05, 4.69) is 10.6 Å². The van der Waals surface area contributed by atoms with Crippen LogP contribution in [0.3, 0.4) is 0 Å². The van der Waals surface area contributed by atoms with Crippen molar-refractivity contribution < 1.29 is 14.0 Å². The van der Waals surface area contributed by atoms with Crippen LogP contribution in [-0.2, 0) is 4.79 Å². The SMILES string of the molecule is Cc1ccc(NC(=O)CNC(=O)c2cc(=O)c3cc(Cl)c(C)cc3o2)cc1. The van der Waals surface area contributed by atoms with Crippen molar-refractivity contribution in [2.75, 3.05) is 11.9 Å². The standard InChI is InChI=1S/C20H17ClN2O4/c1-11-3-5-13(6-4-11)23-19(25)10-22-20(26)18-9-16(24)14-8-15(21)12(2)7-17(14)27-18/h3-9H,10H2,1-2H3,(H,22,26)(H,23,25). The molecule has 1 heterocycles. The second-order valence-corrected chi connectivity index (χ2v) is 6.58. The van der Waals surface area contributed by atoms with Crippen LogP contribution in [0.4, 0.5) is 5.69 Å². The number of halogens is 1. The minimum atomic E-state index is -0.652. The zero-order chi connectivity index (χ0) is 19.6. The van der Waals surface area contributed by atoms with Gasteiger partial charge in [0, 0.05) is 16.8 Å². The zero-order valence-electron chi connectivity index (χ0n) is 14.8. The Bertz CT molecular complexity index is 1090. The Kier molecular flexibility index (Phi) is 5.28. The molecule has 0 aliphatic heterocycles. The molecule has 0 saturated heterocycles. The van der Waals surface area contributed by atoms with E-state index in [1.165, 1.54) is 6.07 Å². The van der Waals surface area contributed by atoms with Crippen molar-refractivity contribution in [3.8, 4) is 0 Å². The lowest BCUT2D eigenvalue weighted by molar-refractivity contribution is -0.115. The molecule has 2 N–H and O–H groups in total. The molecule has 2 aromatic carbocycles. The predicted octanol–water partition coefficient (Wildman–Crippen LogP) is 3.43. The number of hydrogen-bond donors (Lipinski definition) is 2. The lowest BCUT2D eigenvalue weighted by Crippen LogP contribution is -2.33. The third-order valence-corrected chi connectivity index (χ3v) is 4.38. The third kappa shape index (κ3) is 4.35. The highest BCUT2D eigenvalue weighted by Gasteiger charge is 2.14. The van der Waals surface area contributed by atoms with Crippen LogP contribution in [0.1, 0.15) is 21.7 Å². The minimum absolute atomic E-state index is 0.169. The van der Waals surface area contributed by atoms with Crippen molar-refractivity contribution >= 4 is 40.1 Å².